The fourth-order valence-electron chi connectivity index (χ4n) is 2.56. The van der Waals surface area contributed by atoms with E-state index in [1.807, 2.05) is 36.9 Å². The molecule has 2 N–H and O–H groups in total. The first-order valence-corrected chi connectivity index (χ1v) is 7.47. The molecule has 1 amide bonds. The van der Waals surface area contributed by atoms with Gasteiger partial charge in [0.2, 0.25) is 5.91 Å². The monoisotopic (exact) mass is 292 g/mol. The number of para-hydroxylation sites is 2. The van der Waals surface area contributed by atoms with E-state index < -0.39 is 0 Å². The van der Waals surface area contributed by atoms with Crippen molar-refractivity contribution in [1.29, 1.82) is 0 Å². The molecule has 1 saturated heterocycles. The molecular weight excluding hydrogens is 268 g/mol. The second-order valence-corrected chi connectivity index (χ2v) is 5.55. The van der Waals surface area contributed by atoms with Gasteiger partial charge in [-0.3, -0.25) is 4.79 Å². The zero-order valence-electron chi connectivity index (χ0n) is 12.7. The van der Waals surface area contributed by atoms with Crippen LogP contribution in [0.2, 0.25) is 0 Å². The molecule has 2 atom stereocenters. The van der Waals surface area contributed by atoms with Gasteiger partial charge in [-0.25, -0.2) is 0 Å². The Labute approximate surface area is 126 Å². The number of rotatable bonds is 5. The second kappa shape index (κ2) is 7.31. The average molecular weight is 292 g/mol. The molecule has 5 heteroatoms. The largest absolute Gasteiger partial charge is 0.491 e. The normalized spacial score (nSPS) is 22.1. The Bertz CT molecular complexity index is 468. The summed E-state index contributed by atoms with van der Waals surface area (Å²) >= 11 is 0. The minimum absolute atomic E-state index is 0.109. The van der Waals surface area contributed by atoms with E-state index in [-0.39, 0.29) is 18.1 Å². The minimum Gasteiger partial charge on any atom is -0.491 e. The number of nitrogens with two attached hydrogens (primary N) is 1. The van der Waals surface area contributed by atoms with Crippen LogP contribution in [-0.2, 0) is 9.53 Å². The molecule has 2 rings (SSSR count). The quantitative estimate of drug-likeness (QED) is 0.666. The van der Waals surface area contributed by atoms with Crippen molar-refractivity contribution in [3.8, 4) is 5.75 Å². The molecule has 0 spiro atoms. The van der Waals surface area contributed by atoms with Gasteiger partial charge in [-0.15, -0.1) is 0 Å². The van der Waals surface area contributed by atoms with Gasteiger partial charge in [0.25, 0.3) is 0 Å². The molecule has 1 aromatic carbocycles. The van der Waals surface area contributed by atoms with E-state index in [0.717, 1.165) is 0 Å². The first-order valence-electron chi connectivity index (χ1n) is 7.47. The van der Waals surface area contributed by atoms with E-state index >= 15 is 0 Å². The topological polar surface area (TPSA) is 64.8 Å². The number of amides is 1. The molecule has 116 valence electrons. The fourth-order valence-corrected chi connectivity index (χ4v) is 2.56. The van der Waals surface area contributed by atoms with Crippen molar-refractivity contribution in [2.24, 2.45) is 0 Å². The molecule has 1 fully saturated rings. The summed E-state index contributed by atoms with van der Waals surface area (Å²) in [5.74, 6) is 0.847. The van der Waals surface area contributed by atoms with Gasteiger partial charge in [0.05, 0.1) is 24.5 Å². The van der Waals surface area contributed by atoms with Crippen LogP contribution in [0, 0.1) is 0 Å². The summed E-state index contributed by atoms with van der Waals surface area (Å²) in [4.78, 5) is 14.0. The summed E-state index contributed by atoms with van der Waals surface area (Å²) in [6.07, 6.45) is 1.40. The van der Waals surface area contributed by atoms with Crippen LogP contribution in [0.25, 0.3) is 0 Å². The number of carbonyl (C=O) groups is 1. The number of nitrogen functional groups attached to an aromatic ring is 1. The van der Waals surface area contributed by atoms with Crippen LogP contribution < -0.4 is 10.5 Å². The molecule has 0 saturated carbocycles. The zero-order chi connectivity index (χ0) is 15.2. The van der Waals surface area contributed by atoms with Gasteiger partial charge < -0.3 is 20.1 Å². The standard InChI is InChI=1S/C16H24N2O3/c1-12-10-18(11-13(2)21-12)16(19)8-5-9-20-15-7-4-3-6-14(15)17/h3-4,6-7,12-13H,5,8-11,17H2,1-2H3. The van der Waals surface area contributed by atoms with Gasteiger partial charge in [0, 0.05) is 19.5 Å². The average Bonchev–Trinajstić information content (AvgIpc) is 2.44. The summed E-state index contributed by atoms with van der Waals surface area (Å²) in [7, 11) is 0. The Hall–Kier alpha value is -1.75. The van der Waals surface area contributed by atoms with Gasteiger partial charge in [0.15, 0.2) is 0 Å². The van der Waals surface area contributed by atoms with Gasteiger partial charge in [-0.1, -0.05) is 12.1 Å². The molecule has 21 heavy (non-hydrogen) atoms. The lowest BCUT2D eigenvalue weighted by molar-refractivity contribution is -0.143. The van der Waals surface area contributed by atoms with Crippen LogP contribution in [0.3, 0.4) is 0 Å². The predicted octanol–water partition coefficient (Wildman–Crippen LogP) is 2.06. The molecule has 1 heterocycles. The number of hydrogen-bond acceptors (Lipinski definition) is 4. The van der Waals surface area contributed by atoms with Gasteiger partial charge in [-0.2, -0.15) is 0 Å². The van der Waals surface area contributed by atoms with Crippen molar-refractivity contribution in [3.63, 3.8) is 0 Å². The molecule has 1 aliphatic heterocycles. The zero-order valence-corrected chi connectivity index (χ0v) is 12.7. The van der Waals surface area contributed by atoms with Crippen LogP contribution in [-0.4, -0.2) is 42.7 Å². The van der Waals surface area contributed by atoms with Crippen molar-refractivity contribution >= 4 is 11.6 Å². The summed E-state index contributed by atoms with van der Waals surface area (Å²) in [6, 6.07) is 7.39. The van der Waals surface area contributed by atoms with Crippen LogP contribution >= 0.6 is 0 Å². The number of nitrogens with zero attached hydrogens (tertiary/aromatic N) is 1. The first kappa shape index (κ1) is 15.6. The maximum Gasteiger partial charge on any atom is 0.222 e. The summed E-state index contributed by atoms with van der Waals surface area (Å²) < 4.78 is 11.2. The molecule has 0 bridgehead atoms. The fraction of sp³-hybridized carbons (Fsp3) is 0.562. The summed E-state index contributed by atoms with van der Waals surface area (Å²) in [5.41, 5.74) is 6.42. The smallest absolute Gasteiger partial charge is 0.222 e. The van der Waals surface area contributed by atoms with Gasteiger partial charge in [-0.05, 0) is 32.4 Å². The maximum absolute atomic E-state index is 12.2. The van der Waals surface area contributed by atoms with Crippen molar-refractivity contribution < 1.29 is 14.3 Å². The van der Waals surface area contributed by atoms with Crippen molar-refractivity contribution in [2.75, 3.05) is 25.4 Å². The van der Waals surface area contributed by atoms with E-state index in [1.54, 1.807) is 6.07 Å². The van der Waals surface area contributed by atoms with Gasteiger partial charge in [0.1, 0.15) is 5.75 Å². The third-order valence-electron chi connectivity index (χ3n) is 3.48. The van der Waals surface area contributed by atoms with Gasteiger partial charge >= 0.3 is 0 Å². The van der Waals surface area contributed by atoms with Crippen molar-refractivity contribution in [2.45, 2.75) is 38.9 Å². The van der Waals surface area contributed by atoms with Crippen LogP contribution in [0.4, 0.5) is 5.69 Å². The van der Waals surface area contributed by atoms with E-state index in [1.165, 1.54) is 0 Å². The van der Waals surface area contributed by atoms with Crippen LogP contribution in [0.15, 0.2) is 24.3 Å². The molecule has 2 unspecified atom stereocenters. The van der Waals surface area contributed by atoms with E-state index in [2.05, 4.69) is 0 Å². The SMILES string of the molecule is CC1CN(C(=O)CCCOc2ccccc2N)CC(C)O1. The van der Waals surface area contributed by atoms with Crippen LogP contribution in [0.1, 0.15) is 26.7 Å². The Morgan fingerprint density at radius 1 is 1.33 bits per heavy atom. The Kier molecular flexibility index (Phi) is 5.44. The van der Waals surface area contributed by atoms with E-state index in [0.29, 0.717) is 44.0 Å². The maximum atomic E-state index is 12.2. The highest BCUT2D eigenvalue weighted by Crippen LogP contribution is 2.20. The molecule has 0 aromatic heterocycles. The molecule has 1 aromatic rings. The third kappa shape index (κ3) is 4.63. The highest BCUT2D eigenvalue weighted by Gasteiger charge is 2.25. The summed E-state index contributed by atoms with van der Waals surface area (Å²) in [5, 5.41) is 0. The lowest BCUT2D eigenvalue weighted by atomic mass is 10.2. The lowest BCUT2D eigenvalue weighted by Gasteiger charge is -2.35. The van der Waals surface area contributed by atoms with Crippen LogP contribution in [0.5, 0.6) is 5.75 Å². The molecule has 5 nitrogen and oxygen atoms in total. The van der Waals surface area contributed by atoms with Crippen molar-refractivity contribution in [1.82, 2.24) is 4.90 Å². The molecule has 0 radical (unpaired) electrons. The molecule has 0 aliphatic carbocycles. The number of benzene rings is 1. The van der Waals surface area contributed by atoms with Crippen molar-refractivity contribution in [3.05, 3.63) is 24.3 Å². The summed E-state index contributed by atoms with van der Waals surface area (Å²) in [6.45, 7) is 5.84. The number of hydrogen-bond donors (Lipinski definition) is 1. The third-order valence-corrected chi connectivity index (χ3v) is 3.48. The predicted molar refractivity (Wildman–Crippen MR) is 82.2 cm³/mol. The Morgan fingerprint density at radius 3 is 2.67 bits per heavy atom. The second-order valence-electron chi connectivity index (χ2n) is 5.55. The first-order chi connectivity index (χ1) is 10.1. The van der Waals surface area contributed by atoms with E-state index in [9.17, 15) is 4.79 Å². The molecular formula is C16H24N2O3. The number of carbonyl (C=O) groups excluding carboxylic acids is 1. The molecule has 1 aliphatic rings. The number of morpholine rings is 1. The lowest BCUT2D eigenvalue weighted by Crippen LogP contribution is -2.48. The van der Waals surface area contributed by atoms with E-state index in [4.69, 9.17) is 15.2 Å². The number of anilines is 1. The Morgan fingerprint density at radius 2 is 2.00 bits per heavy atom. The Balaban J connectivity index is 1.71. The number of ether oxygens (including phenoxy) is 2. The highest BCUT2D eigenvalue weighted by molar-refractivity contribution is 5.76. The highest BCUT2D eigenvalue weighted by atomic mass is 16.5. The minimum atomic E-state index is 0.109.